The number of hydrogen-bond donors (Lipinski definition) is 2. The van der Waals surface area contributed by atoms with Gasteiger partial charge >= 0.3 is 0 Å². The zero-order valence-electron chi connectivity index (χ0n) is 17.6. The average Bonchev–Trinajstić information content (AvgIpc) is 3.41. The van der Waals surface area contributed by atoms with Crippen LogP contribution in [0, 0.1) is 17.3 Å². The van der Waals surface area contributed by atoms with Gasteiger partial charge in [0, 0.05) is 0 Å². The minimum absolute atomic E-state index is 0.0258. The van der Waals surface area contributed by atoms with Crippen LogP contribution in [0.5, 0.6) is 0 Å². The summed E-state index contributed by atoms with van der Waals surface area (Å²) < 4.78 is 28.6. The molecule has 0 radical (unpaired) electrons. The first-order valence-electron chi connectivity index (χ1n) is 10.4. The Morgan fingerprint density at radius 2 is 1.94 bits per heavy atom. The molecule has 0 aromatic heterocycles. The second kappa shape index (κ2) is 7.64. The second-order valence-corrected chi connectivity index (χ2v) is 10.3. The molecule has 4 rings (SSSR count). The van der Waals surface area contributed by atoms with Crippen LogP contribution < -0.4 is 10.0 Å². The Labute approximate surface area is 182 Å². The van der Waals surface area contributed by atoms with Gasteiger partial charge in [0.2, 0.25) is 11.8 Å². The number of hydrogen-bond acceptors (Lipinski definition) is 4. The van der Waals surface area contributed by atoms with Gasteiger partial charge in [0.15, 0.2) is 0 Å². The van der Waals surface area contributed by atoms with Gasteiger partial charge < -0.3 is 5.32 Å². The Bertz CT molecular complexity index is 1160. The van der Waals surface area contributed by atoms with Crippen molar-refractivity contribution >= 4 is 27.5 Å². The molecule has 2 aromatic rings. The van der Waals surface area contributed by atoms with Crippen LogP contribution >= 0.6 is 0 Å². The average molecular weight is 439 g/mol. The lowest BCUT2D eigenvalue weighted by atomic mass is 9.89. The summed E-state index contributed by atoms with van der Waals surface area (Å²) in [5, 5.41) is 2.73. The maximum Gasteiger partial charge on any atom is 0.266 e. The van der Waals surface area contributed by atoms with E-state index < -0.39 is 27.3 Å². The number of amides is 2. The summed E-state index contributed by atoms with van der Waals surface area (Å²) in [5.41, 5.74) is 1.10. The molecule has 0 bridgehead atoms. The summed E-state index contributed by atoms with van der Waals surface area (Å²) in [6.07, 6.45) is 2.76. The first-order valence-corrected chi connectivity index (χ1v) is 11.9. The Morgan fingerprint density at radius 1 is 1.23 bits per heavy atom. The van der Waals surface area contributed by atoms with Crippen molar-refractivity contribution in [1.82, 2.24) is 4.72 Å². The molecule has 2 amide bonds. The van der Waals surface area contributed by atoms with Crippen LogP contribution in [0.3, 0.4) is 0 Å². The van der Waals surface area contributed by atoms with Gasteiger partial charge in [-0.2, -0.15) is 0 Å². The molecule has 1 fully saturated rings. The molecular formula is C24H26N2O4S. The fourth-order valence-corrected chi connectivity index (χ4v) is 5.90. The van der Waals surface area contributed by atoms with Crippen LogP contribution in [0.2, 0.25) is 0 Å². The Morgan fingerprint density at radius 3 is 2.55 bits per heavy atom. The van der Waals surface area contributed by atoms with E-state index in [-0.39, 0.29) is 28.3 Å². The molecule has 3 atom stereocenters. The van der Waals surface area contributed by atoms with Crippen LogP contribution in [0.4, 0.5) is 5.69 Å². The van der Waals surface area contributed by atoms with Gasteiger partial charge in [-0.1, -0.05) is 62.4 Å². The van der Waals surface area contributed by atoms with Crippen LogP contribution in [0.1, 0.15) is 37.3 Å². The van der Waals surface area contributed by atoms with E-state index in [1.165, 1.54) is 6.07 Å². The van der Waals surface area contributed by atoms with Crippen molar-refractivity contribution in [2.75, 3.05) is 5.32 Å². The van der Waals surface area contributed by atoms with Crippen LogP contribution in [0.25, 0.3) is 0 Å². The lowest BCUT2D eigenvalue weighted by Gasteiger charge is -2.21. The van der Waals surface area contributed by atoms with Crippen LogP contribution in [0.15, 0.2) is 66.1 Å². The highest BCUT2D eigenvalue weighted by Gasteiger charge is 2.61. The number of benzene rings is 2. The highest BCUT2D eigenvalue weighted by molar-refractivity contribution is 7.90. The summed E-state index contributed by atoms with van der Waals surface area (Å²) in [6, 6.07) is 14.4. The van der Waals surface area contributed by atoms with E-state index in [1.807, 2.05) is 44.2 Å². The Kier molecular flexibility index (Phi) is 5.25. The van der Waals surface area contributed by atoms with E-state index in [1.54, 1.807) is 18.2 Å². The van der Waals surface area contributed by atoms with Gasteiger partial charge in [-0.15, -0.1) is 6.58 Å². The van der Waals surface area contributed by atoms with E-state index in [2.05, 4.69) is 16.6 Å². The maximum absolute atomic E-state index is 13.2. The zero-order valence-corrected chi connectivity index (χ0v) is 18.4. The predicted molar refractivity (Wildman–Crippen MR) is 119 cm³/mol. The smallest absolute Gasteiger partial charge is 0.266 e. The molecule has 1 aliphatic heterocycles. The van der Waals surface area contributed by atoms with Crippen molar-refractivity contribution in [3.8, 4) is 0 Å². The third kappa shape index (κ3) is 3.57. The predicted octanol–water partition coefficient (Wildman–Crippen LogP) is 3.62. The SMILES string of the molecule is C=C[C@@H]1C[C@@]1(C(=O)NS(=O)(=O)c1cccc2c1NC(=O)C2Cc1ccccc1)C(C)C. The highest BCUT2D eigenvalue weighted by Crippen LogP contribution is 2.58. The minimum atomic E-state index is -4.16. The monoisotopic (exact) mass is 438 g/mol. The van der Waals surface area contributed by atoms with Crippen molar-refractivity contribution in [1.29, 1.82) is 0 Å². The molecule has 0 saturated heterocycles. The molecule has 2 N–H and O–H groups in total. The fraction of sp³-hybridized carbons (Fsp3) is 0.333. The van der Waals surface area contributed by atoms with Crippen molar-refractivity contribution < 1.29 is 18.0 Å². The number of fused-ring (bicyclic) bond motifs is 1. The molecular weight excluding hydrogens is 412 g/mol. The number of anilines is 1. The van der Waals surface area contributed by atoms with Crippen molar-refractivity contribution in [2.45, 2.75) is 37.5 Å². The minimum Gasteiger partial charge on any atom is -0.324 e. The molecule has 1 unspecified atom stereocenters. The molecule has 7 heteroatoms. The quantitative estimate of drug-likeness (QED) is 0.646. The van der Waals surface area contributed by atoms with Crippen molar-refractivity contribution in [2.24, 2.45) is 17.3 Å². The number of carbonyl (C=O) groups excluding carboxylic acids is 2. The number of para-hydroxylation sites is 1. The van der Waals surface area contributed by atoms with E-state index in [0.29, 0.717) is 18.4 Å². The first-order chi connectivity index (χ1) is 14.7. The van der Waals surface area contributed by atoms with Gasteiger partial charge in [0.1, 0.15) is 4.90 Å². The highest BCUT2D eigenvalue weighted by atomic mass is 32.2. The number of sulfonamides is 1. The Hall–Kier alpha value is -2.93. The summed E-state index contributed by atoms with van der Waals surface area (Å²) >= 11 is 0. The number of nitrogens with one attached hydrogen (secondary N) is 2. The lowest BCUT2D eigenvalue weighted by Crippen LogP contribution is -2.40. The van der Waals surface area contributed by atoms with E-state index in [4.69, 9.17) is 0 Å². The first kappa shape index (κ1) is 21.3. The van der Waals surface area contributed by atoms with Gasteiger partial charge in [-0.05, 0) is 41.9 Å². The van der Waals surface area contributed by atoms with E-state index in [0.717, 1.165) is 5.56 Å². The zero-order chi connectivity index (χ0) is 22.4. The van der Waals surface area contributed by atoms with Crippen LogP contribution in [-0.2, 0) is 26.0 Å². The molecule has 6 nitrogen and oxygen atoms in total. The molecule has 31 heavy (non-hydrogen) atoms. The largest absolute Gasteiger partial charge is 0.324 e. The third-order valence-electron chi connectivity index (χ3n) is 6.59. The number of allylic oxidation sites excluding steroid dienone is 1. The summed E-state index contributed by atoms with van der Waals surface area (Å²) in [4.78, 5) is 25.6. The van der Waals surface area contributed by atoms with Crippen molar-refractivity contribution in [3.05, 3.63) is 72.3 Å². The normalized spacial score (nSPS) is 24.4. The van der Waals surface area contributed by atoms with Gasteiger partial charge in [0.25, 0.3) is 10.0 Å². The topological polar surface area (TPSA) is 92.3 Å². The molecule has 0 spiro atoms. The van der Waals surface area contributed by atoms with E-state index >= 15 is 0 Å². The molecule has 1 heterocycles. The maximum atomic E-state index is 13.2. The molecule has 162 valence electrons. The van der Waals surface area contributed by atoms with Gasteiger partial charge in [-0.25, -0.2) is 13.1 Å². The van der Waals surface area contributed by atoms with Gasteiger partial charge in [-0.3, -0.25) is 9.59 Å². The summed E-state index contributed by atoms with van der Waals surface area (Å²) in [7, 11) is -4.16. The third-order valence-corrected chi connectivity index (χ3v) is 7.97. The number of rotatable bonds is 7. The van der Waals surface area contributed by atoms with Crippen molar-refractivity contribution in [3.63, 3.8) is 0 Å². The van der Waals surface area contributed by atoms with Gasteiger partial charge in [0.05, 0.1) is 17.0 Å². The van der Waals surface area contributed by atoms with E-state index in [9.17, 15) is 18.0 Å². The standard InChI is InChI=1S/C24H26N2O4S/c1-4-17-14-24(17,15(2)3)23(28)26-31(29,30)20-12-8-11-18-19(22(27)25-21(18)20)13-16-9-6-5-7-10-16/h4-12,15,17,19H,1,13-14H2,2-3H3,(H,25,27)(H,26,28)/t17-,19?,24-/m1/s1. The molecule has 1 aliphatic carbocycles. The number of carbonyl (C=O) groups is 2. The molecule has 2 aliphatic rings. The molecule has 2 aromatic carbocycles. The second-order valence-electron chi connectivity index (χ2n) is 8.63. The summed E-state index contributed by atoms with van der Waals surface area (Å²) in [5.74, 6) is -1.32. The lowest BCUT2D eigenvalue weighted by molar-refractivity contribution is -0.126. The van der Waals surface area contributed by atoms with Crippen LogP contribution in [-0.4, -0.2) is 20.2 Å². The molecule has 1 saturated carbocycles. The Balaban J connectivity index is 1.63. The summed E-state index contributed by atoms with van der Waals surface area (Å²) in [6.45, 7) is 7.57. The fourth-order valence-electron chi connectivity index (χ4n) is 4.66.